The van der Waals surface area contributed by atoms with Crippen LogP contribution in [0.5, 0.6) is 11.5 Å². The van der Waals surface area contributed by atoms with Gasteiger partial charge in [0.1, 0.15) is 13.2 Å². The van der Waals surface area contributed by atoms with Crippen molar-refractivity contribution in [3.05, 3.63) is 68.3 Å². The Morgan fingerprint density at radius 1 is 0.923 bits per heavy atom. The number of nitro groups is 2. The molecular formula is C16H14N2O8. The van der Waals surface area contributed by atoms with Crippen LogP contribution in [0.4, 0.5) is 11.4 Å². The predicted molar refractivity (Wildman–Crippen MR) is 88.5 cm³/mol. The van der Waals surface area contributed by atoms with Crippen LogP contribution in [0, 0.1) is 20.2 Å². The molecule has 0 spiro atoms. The highest BCUT2D eigenvalue weighted by atomic mass is 16.6. The van der Waals surface area contributed by atoms with Gasteiger partial charge in [-0.25, -0.2) is 4.79 Å². The molecule has 0 fully saturated rings. The van der Waals surface area contributed by atoms with Gasteiger partial charge in [0.15, 0.2) is 11.5 Å². The summed E-state index contributed by atoms with van der Waals surface area (Å²) in [5, 5.41) is 22.0. The minimum atomic E-state index is -0.709. The third-order valence-electron chi connectivity index (χ3n) is 3.24. The van der Waals surface area contributed by atoms with Crippen molar-refractivity contribution in [2.24, 2.45) is 0 Å². The predicted octanol–water partition coefficient (Wildman–Crippen LogP) is 2.75. The van der Waals surface area contributed by atoms with Gasteiger partial charge < -0.3 is 14.2 Å². The molecule has 0 bridgehead atoms. The highest BCUT2D eigenvalue weighted by Gasteiger charge is 2.19. The molecule has 0 heterocycles. The zero-order chi connectivity index (χ0) is 19.1. The van der Waals surface area contributed by atoms with Crippen LogP contribution in [0.25, 0.3) is 0 Å². The van der Waals surface area contributed by atoms with Crippen LogP contribution >= 0.6 is 0 Å². The standard InChI is InChI=1S/C16H14N2O8/c1-24-16(19)11-6-7-15(13(10-11)18(22)23)26-9-8-25-14-5-3-2-4-12(14)17(20)21/h2-7,10H,8-9H2,1H3. The summed E-state index contributed by atoms with van der Waals surface area (Å²) in [5.41, 5.74) is -0.581. The molecule has 0 N–H and O–H groups in total. The van der Waals surface area contributed by atoms with Gasteiger partial charge >= 0.3 is 17.3 Å². The molecule has 0 saturated heterocycles. The number of methoxy groups -OCH3 is 1. The molecule has 10 nitrogen and oxygen atoms in total. The maximum Gasteiger partial charge on any atom is 0.338 e. The van der Waals surface area contributed by atoms with Gasteiger partial charge in [0.05, 0.1) is 22.5 Å². The summed E-state index contributed by atoms with van der Waals surface area (Å²) in [4.78, 5) is 32.2. The van der Waals surface area contributed by atoms with E-state index in [1.165, 1.54) is 37.4 Å². The van der Waals surface area contributed by atoms with Crippen LogP contribution in [-0.4, -0.2) is 36.1 Å². The van der Waals surface area contributed by atoms with Crippen molar-refractivity contribution < 1.29 is 28.9 Å². The van der Waals surface area contributed by atoms with Gasteiger partial charge in [-0.1, -0.05) is 12.1 Å². The molecule has 2 aromatic carbocycles. The first-order chi connectivity index (χ1) is 12.4. The number of benzene rings is 2. The lowest BCUT2D eigenvalue weighted by Gasteiger charge is -2.09. The van der Waals surface area contributed by atoms with E-state index in [9.17, 15) is 25.0 Å². The second kappa shape index (κ2) is 8.42. The lowest BCUT2D eigenvalue weighted by molar-refractivity contribution is -0.386. The van der Waals surface area contributed by atoms with Crippen molar-refractivity contribution in [2.45, 2.75) is 0 Å². The Bertz CT molecular complexity index is 837. The first-order valence-electron chi connectivity index (χ1n) is 7.29. The molecule has 26 heavy (non-hydrogen) atoms. The highest BCUT2D eigenvalue weighted by Crippen LogP contribution is 2.29. The molecule has 2 aromatic rings. The van der Waals surface area contributed by atoms with E-state index in [0.717, 1.165) is 6.07 Å². The van der Waals surface area contributed by atoms with Crippen molar-refractivity contribution in [1.82, 2.24) is 0 Å². The van der Waals surface area contributed by atoms with Crippen LogP contribution in [0.2, 0.25) is 0 Å². The SMILES string of the molecule is COC(=O)c1ccc(OCCOc2ccccc2[N+](=O)[O-])c([N+](=O)[O-])c1. The van der Waals surface area contributed by atoms with Crippen LogP contribution in [0.1, 0.15) is 10.4 Å². The number of carbonyl (C=O) groups is 1. The molecule has 0 saturated carbocycles. The van der Waals surface area contributed by atoms with E-state index in [1.54, 1.807) is 6.07 Å². The number of hydrogen-bond acceptors (Lipinski definition) is 8. The maximum absolute atomic E-state index is 11.4. The number of esters is 1. The van der Waals surface area contributed by atoms with Crippen molar-refractivity contribution in [1.29, 1.82) is 0 Å². The summed E-state index contributed by atoms with van der Waals surface area (Å²) >= 11 is 0. The average molecular weight is 362 g/mol. The second-order valence-corrected chi connectivity index (χ2v) is 4.85. The van der Waals surface area contributed by atoms with Crippen LogP contribution in [-0.2, 0) is 4.74 Å². The summed E-state index contributed by atoms with van der Waals surface area (Å²) in [7, 11) is 1.17. The Morgan fingerprint density at radius 2 is 1.50 bits per heavy atom. The van der Waals surface area contributed by atoms with Crippen LogP contribution in [0.15, 0.2) is 42.5 Å². The normalized spacial score (nSPS) is 10.0. The minimum absolute atomic E-state index is 0.0164. The third kappa shape index (κ3) is 4.44. The molecule has 0 unspecified atom stereocenters. The monoisotopic (exact) mass is 362 g/mol. The summed E-state index contributed by atoms with van der Waals surface area (Å²) in [5.74, 6) is -0.704. The number of nitro benzene ring substituents is 2. The van der Waals surface area contributed by atoms with Gasteiger partial charge in [-0.3, -0.25) is 20.2 Å². The number of hydrogen-bond donors (Lipinski definition) is 0. The molecular weight excluding hydrogens is 348 g/mol. The number of nitrogens with zero attached hydrogens (tertiary/aromatic N) is 2. The van der Waals surface area contributed by atoms with Crippen molar-refractivity contribution in [3.63, 3.8) is 0 Å². The van der Waals surface area contributed by atoms with Gasteiger partial charge in [0.2, 0.25) is 0 Å². The van der Waals surface area contributed by atoms with E-state index in [4.69, 9.17) is 9.47 Å². The minimum Gasteiger partial charge on any atom is -0.483 e. The van der Waals surface area contributed by atoms with E-state index in [-0.39, 0.29) is 36.0 Å². The number of carbonyl (C=O) groups excluding carboxylic acids is 1. The fourth-order valence-corrected chi connectivity index (χ4v) is 2.06. The summed E-state index contributed by atoms with van der Waals surface area (Å²) < 4.78 is 15.1. The Morgan fingerprint density at radius 3 is 2.08 bits per heavy atom. The molecule has 2 rings (SSSR count). The maximum atomic E-state index is 11.4. The van der Waals surface area contributed by atoms with Gasteiger partial charge in [-0.2, -0.15) is 0 Å². The molecule has 0 aliphatic heterocycles. The van der Waals surface area contributed by atoms with Crippen molar-refractivity contribution in [3.8, 4) is 11.5 Å². The van der Waals surface area contributed by atoms with Crippen molar-refractivity contribution in [2.75, 3.05) is 20.3 Å². The average Bonchev–Trinajstić information content (AvgIpc) is 2.64. The quantitative estimate of drug-likeness (QED) is 0.303. The van der Waals surface area contributed by atoms with Crippen molar-refractivity contribution >= 4 is 17.3 Å². The fraction of sp³-hybridized carbons (Fsp3) is 0.188. The Balaban J connectivity index is 2.03. The first-order valence-corrected chi connectivity index (χ1v) is 7.29. The molecule has 0 aromatic heterocycles. The first kappa shape index (κ1) is 18.6. The number of rotatable bonds is 8. The highest BCUT2D eigenvalue weighted by molar-refractivity contribution is 5.90. The molecule has 0 aliphatic carbocycles. The van der Waals surface area contributed by atoms with E-state index in [1.807, 2.05) is 0 Å². The van der Waals surface area contributed by atoms with Gasteiger partial charge in [-0.15, -0.1) is 0 Å². The second-order valence-electron chi connectivity index (χ2n) is 4.85. The Labute approximate surface area is 147 Å². The number of ether oxygens (including phenoxy) is 3. The zero-order valence-corrected chi connectivity index (χ0v) is 13.6. The van der Waals surface area contributed by atoms with E-state index >= 15 is 0 Å². The summed E-state index contributed by atoms with van der Waals surface area (Å²) in [6, 6.07) is 9.47. The van der Waals surface area contributed by atoms with Crippen LogP contribution < -0.4 is 9.47 Å². The Kier molecular flexibility index (Phi) is 6.04. The lowest BCUT2D eigenvalue weighted by Crippen LogP contribution is -2.11. The molecule has 0 radical (unpaired) electrons. The largest absolute Gasteiger partial charge is 0.483 e. The van der Waals surface area contributed by atoms with E-state index in [0.29, 0.717) is 0 Å². The topological polar surface area (TPSA) is 131 Å². The lowest BCUT2D eigenvalue weighted by atomic mass is 10.2. The summed E-state index contributed by atoms with van der Waals surface area (Å²) in [6.45, 7) is -0.161. The van der Waals surface area contributed by atoms with E-state index in [2.05, 4.69) is 4.74 Å². The molecule has 0 aliphatic rings. The summed E-state index contributed by atoms with van der Waals surface area (Å²) in [6.07, 6.45) is 0. The zero-order valence-electron chi connectivity index (χ0n) is 13.6. The van der Waals surface area contributed by atoms with Gasteiger partial charge in [0.25, 0.3) is 0 Å². The number of para-hydroxylation sites is 2. The smallest absolute Gasteiger partial charge is 0.338 e. The van der Waals surface area contributed by atoms with Gasteiger partial charge in [-0.05, 0) is 18.2 Å². The third-order valence-corrected chi connectivity index (χ3v) is 3.24. The molecule has 0 amide bonds. The van der Waals surface area contributed by atoms with Gasteiger partial charge in [0, 0.05) is 12.1 Å². The van der Waals surface area contributed by atoms with E-state index < -0.39 is 21.5 Å². The fourth-order valence-electron chi connectivity index (χ4n) is 2.06. The molecule has 0 atom stereocenters. The molecule has 10 heteroatoms. The Hall–Kier alpha value is -3.69. The molecule has 136 valence electrons. The van der Waals surface area contributed by atoms with Crippen LogP contribution in [0.3, 0.4) is 0 Å².